The molecule has 0 N–H and O–H groups in total. The first-order chi connectivity index (χ1) is 10.6. The zero-order chi connectivity index (χ0) is 15.6. The average molecular weight is 300 g/mol. The number of likely N-dealkylation sites (tertiary alicyclic amines) is 1. The highest BCUT2D eigenvalue weighted by molar-refractivity contribution is 5.21. The minimum absolute atomic E-state index is 0.0464. The van der Waals surface area contributed by atoms with Crippen LogP contribution < -0.4 is 0 Å². The predicted molar refractivity (Wildman–Crippen MR) is 84.3 cm³/mol. The topological polar surface area (TPSA) is 59.7 Å². The number of tetrazole rings is 1. The molecule has 118 valence electrons. The van der Waals surface area contributed by atoms with Gasteiger partial charge in [-0.1, -0.05) is 12.5 Å². The lowest BCUT2D eigenvalue weighted by molar-refractivity contribution is 0.180. The summed E-state index contributed by atoms with van der Waals surface area (Å²) in [6, 6.07) is 4.12. The summed E-state index contributed by atoms with van der Waals surface area (Å²) in [5.74, 6) is 0.768. The Morgan fingerprint density at radius 1 is 1.14 bits per heavy atom. The van der Waals surface area contributed by atoms with E-state index in [1.165, 1.54) is 19.3 Å². The summed E-state index contributed by atoms with van der Waals surface area (Å²) >= 11 is 0. The van der Waals surface area contributed by atoms with Crippen LogP contribution in [0.25, 0.3) is 0 Å². The van der Waals surface area contributed by atoms with Crippen molar-refractivity contribution in [1.29, 1.82) is 0 Å². The smallest absolute Gasteiger partial charge is 0.196 e. The largest absolute Gasteiger partial charge is 0.290 e. The highest BCUT2D eigenvalue weighted by Crippen LogP contribution is 2.28. The number of hydrogen-bond acceptors (Lipinski definition) is 5. The lowest BCUT2D eigenvalue weighted by Gasteiger charge is -2.32. The Kier molecular flexibility index (Phi) is 4.20. The molecule has 0 saturated carbocycles. The summed E-state index contributed by atoms with van der Waals surface area (Å²) in [5, 5.41) is 13.3. The molecule has 0 bridgehead atoms. The van der Waals surface area contributed by atoms with Crippen LogP contribution in [0.2, 0.25) is 0 Å². The molecule has 6 heteroatoms. The molecule has 1 saturated heterocycles. The third-order valence-corrected chi connectivity index (χ3v) is 4.03. The van der Waals surface area contributed by atoms with Crippen molar-refractivity contribution in [2.75, 3.05) is 13.1 Å². The van der Waals surface area contributed by atoms with E-state index in [0.29, 0.717) is 0 Å². The molecule has 1 unspecified atom stereocenters. The standard InChI is InChI=1S/C16H24N6/c1-16(2,3)22-19-15(18-20-22)14(13-8-7-9-17-12-13)21-10-5-4-6-11-21/h7-9,12,14H,4-6,10-11H2,1-3H3. The van der Waals surface area contributed by atoms with Gasteiger partial charge >= 0.3 is 0 Å². The molecule has 0 aliphatic carbocycles. The fourth-order valence-corrected chi connectivity index (χ4v) is 2.86. The minimum Gasteiger partial charge on any atom is -0.290 e. The van der Waals surface area contributed by atoms with Crippen LogP contribution in [0.3, 0.4) is 0 Å². The monoisotopic (exact) mass is 300 g/mol. The van der Waals surface area contributed by atoms with Crippen molar-refractivity contribution >= 4 is 0 Å². The number of rotatable bonds is 3. The van der Waals surface area contributed by atoms with E-state index in [2.05, 4.69) is 52.1 Å². The molecule has 0 amide bonds. The maximum atomic E-state index is 4.66. The summed E-state index contributed by atoms with van der Waals surface area (Å²) < 4.78 is 0. The molecule has 1 atom stereocenters. The molecule has 0 aromatic carbocycles. The Morgan fingerprint density at radius 2 is 1.91 bits per heavy atom. The van der Waals surface area contributed by atoms with Crippen molar-refractivity contribution in [2.24, 2.45) is 0 Å². The van der Waals surface area contributed by atoms with Crippen LogP contribution in [0.1, 0.15) is 57.5 Å². The Morgan fingerprint density at radius 3 is 2.50 bits per heavy atom. The molecular formula is C16H24N6. The fraction of sp³-hybridized carbons (Fsp3) is 0.625. The molecule has 1 aliphatic heterocycles. The Labute approximate surface area is 131 Å². The summed E-state index contributed by atoms with van der Waals surface area (Å²) in [4.78, 5) is 8.42. The van der Waals surface area contributed by atoms with E-state index in [4.69, 9.17) is 0 Å². The van der Waals surface area contributed by atoms with E-state index < -0.39 is 0 Å². The summed E-state index contributed by atoms with van der Waals surface area (Å²) in [6.45, 7) is 8.39. The van der Waals surface area contributed by atoms with Crippen molar-refractivity contribution in [1.82, 2.24) is 30.1 Å². The predicted octanol–water partition coefficient (Wildman–Crippen LogP) is 2.40. The fourth-order valence-electron chi connectivity index (χ4n) is 2.86. The molecule has 0 radical (unpaired) electrons. The van der Waals surface area contributed by atoms with E-state index in [1.807, 2.05) is 12.3 Å². The van der Waals surface area contributed by atoms with E-state index in [-0.39, 0.29) is 11.6 Å². The molecule has 2 aromatic heterocycles. The van der Waals surface area contributed by atoms with Crippen LogP contribution in [0, 0.1) is 0 Å². The highest BCUT2D eigenvalue weighted by atomic mass is 15.6. The van der Waals surface area contributed by atoms with Crippen molar-refractivity contribution in [3.63, 3.8) is 0 Å². The number of aromatic nitrogens is 5. The first-order valence-electron chi connectivity index (χ1n) is 8.00. The second-order valence-corrected chi connectivity index (χ2v) is 6.89. The second kappa shape index (κ2) is 6.12. The normalized spacial score (nSPS) is 18.3. The van der Waals surface area contributed by atoms with Crippen LogP contribution in [0.4, 0.5) is 0 Å². The molecule has 3 rings (SSSR count). The minimum atomic E-state index is -0.160. The number of piperidine rings is 1. The van der Waals surface area contributed by atoms with Crippen molar-refractivity contribution in [2.45, 2.75) is 51.6 Å². The third-order valence-electron chi connectivity index (χ3n) is 4.03. The zero-order valence-corrected chi connectivity index (χ0v) is 13.6. The Balaban J connectivity index is 1.96. The third kappa shape index (κ3) is 3.16. The molecule has 6 nitrogen and oxygen atoms in total. The van der Waals surface area contributed by atoms with Gasteiger partial charge in [0.05, 0.1) is 5.54 Å². The lowest BCUT2D eigenvalue weighted by Crippen LogP contribution is -2.35. The molecule has 1 fully saturated rings. The van der Waals surface area contributed by atoms with Gasteiger partial charge in [0, 0.05) is 12.4 Å². The van der Waals surface area contributed by atoms with Crippen molar-refractivity contribution in [3.8, 4) is 0 Å². The number of pyridine rings is 1. The number of nitrogens with zero attached hydrogens (tertiary/aromatic N) is 6. The van der Waals surface area contributed by atoms with Crippen LogP contribution in [-0.2, 0) is 5.54 Å². The van der Waals surface area contributed by atoms with E-state index in [0.717, 1.165) is 24.5 Å². The molecular weight excluding hydrogens is 276 g/mol. The zero-order valence-electron chi connectivity index (χ0n) is 13.6. The highest BCUT2D eigenvalue weighted by Gasteiger charge is 2.29. The summed E-state index contributed by atoms with van der Waals surface area (Å²) in [6.07, 6.45) is 7.47. The van der Waals surface area contributed by atoms with Gasteiger partial charge in [-0.3, -0.25) is 9.88 Å². The van der Waals surface area contributed by atoms with E-state index >= 15 is 0 Å². The van der Waals surface area contributed by atoms with Gasteiger partial charge in [-0.25, -0.2) is 0 Å². The van der Waals surface area contributed by atoms with Crippen LogP contribution in [0.5, 0.6) is 0 Å². The van der Waals surface area contributed by atoms with Gasteiger partial charge in [-0.2, -0.15) is 4.80 Å². The maximum absolute atomic E-state index is 4.66. The number of hydrogen-bond donors (Lipinski definition) is 0. The van der Waals surface area contributed by atoms with Crippen LogP contribution >= 0.6 is 0 Å². The SMILES string of the molecule is CC(C)(C)n1nnc(C(c2cccnc2)N2CCCCC2)n1. The van der Waals surface area contributed by atoms with E-state index in [9.17, 15) is 0 Å². The van der Waals surface area contributed by atoms with Crippen LogP contribution in [-0.4, -0.2) is 43.2 Å². The first-order valence-corrected chi connectivity index (χ1v) is 8.00. The quantitative estimate of drug-likeness (QED) is 0.871. The first kappa shape index (κ1) is 15.1. The van der Waals surface area contributed by atoms with Crippen molar-refractivity contribution in [3.05, 3.63) is 35.9 Å². The molecule has 3 heterocycles. The Hall–Kier alpha value is -1.82. The summed E-state index contributed by atoms with van der Waals surface area (Å²) in [7, 11) is 0. The molecule has 2 aromatic rings. The van der Waals surface area contributed by atoms with E-state index in [1.54, 1.807) is 11.0 Å². The summed E-state index contributed by atoms with van der Waals surface area (Å²) in [5.41, 5.74) is 0.977. The van der Waals surface area contributed by atoms with Gasteiger partial charge in [0.2, 0.25) is 0 Å². The van der Waals surface area contributed by atoms with Gasteiger partial charge in [0.25, 0.3) is 0 Å². The lowest BCUT2D eigenvalue weighted by atomic mass is 10.0. The maximum Gasteiger partial charge on any atom is 0.196 e. The average Bonchev–Trinajstić information content (AvgIpc) is 2.99. The van der Waals surface area contributed by atoms with Gasteiger partial charge < -0.3 is 0 Å². The second-order valence-electron chi connectivity index (χ2n) is 6.89. The molecule has 1 aliphatic rings. The Bertz CT molecular complexity index is 595. The van der Waals surface area contributed by atoms with Gasteiger partial charge in [-0.05, 0) is 63.5 Å². The molecule has 22 heavy (non-hydrogen) atoms. The van der Waals surface area contributed by atoms with Gasteiger partial charge in [-0.15, -0.1) is 10.2 Å². The molecule has 0 spiro atoms. The van der Waals surface area contributed by atoms with Gasteiger partial charge in [0.15, 0.2) is 5.82 Å². The van der Waals surface area contributed by atoms with Gasteiger partial charge in [0.1, 0.15) is 6.04 Å². The van der Waals surface area contributed by atoms with Crippen LogP contribution in [0.15, 0.2) is 24.5 Å². The van der Waals surface area contributed by atoms with Crippen molar-refractivity contribution < 1.29 is 0 Å².